The summed E-state index contributed by atoms with van der Waals surface area (Å²) in [5.74, 6) is -65.0. The fourth-order valence-electron chi connectivity index (χ4n) is 2.25. The van der Waals surface area contributed by atoms with Crippen molar-refractivity contribution in [3.05, 3.63) is 35.9 Å². The Morgan fingerprint density at radius 1 is 0.583 bits per heavy atom. The summed E-state index contributed by atoms with van der Waals surface area (Å²) in [5, 5.41) is 7.94. The molecule has 0 bridgehead atoms. The molecule has 0 saturated heterocycles. The number of carbonyl (C=O) groups is 1. The summed E-state index contributed by atoms with van der Waals surface area (Å²) in [6.45, 7) is -6.70. The maximum Gasteiger partial charge on any atom is 0.385 e. The number of hydrogen-bond acceptors (Lipinski definition) is 3. The molecule has 1 N–H and O–H groups in total. The van der Waals surface area contributed by atoms with E-state index in [1.54, 1.807) is 0 Å². The van der Waals surface area contributed by atoms with Gasteiger partial charge in [-0.1, -0.05) is 18.2 Å². The lowest BCUT2D eigenvalue weighted by Crippen LogP contribution is -2.75. The van der Waals surface area contributed by atoms with Crippen LogP contribution in [0.15, 0.2) is 30.3 Å². The van der Waals surface area contributed by atoms with Gasteiger partial charge in [-0.25, -0.2) is 4.79 Å². The van der Waals surface area contributed by atoms with Crippen LogP contribution in [0.1, 0.15) is 10.4 Å². The minimum Gasteiger partial charge on any atom is -0.455 e. The molecule has 1 rings (SSSR count). The Kier molecular flexibility index (Phi) is 8.00. The minimum absolute atomic E-state index is 0.702. The second-order valence-electron chi connectivity index (χ2n) is 6.96. The van der Waals surface area contributed by atoms with Gasteiger partial charge in [0, 0.05) is 0 Å². The molecule has 0 aliphatic carbocycles. The molecule has 0 aliphatic rings. The maximum absolute atomic E-state index is 13.7. The van der Waals surface area contributed by atoms with Gasteiger partial charge in [0.15, 0.2) is 6.61 Å². The molecule has 0 spiro atoms. The first-order valence-electron chi connectivity index (χ1n) is 8.65. The van der Waals surface area contributed by atoms with Crippen LogP contribution in [0.4, 0.5) is 70.2 Å². The monoisotopic (exact) mass is 566 g/mol. The Hall–Kier alpha value is -2.47. The zero-order valence-electron chi connectivity index (χ0n) is 16.6. The molecule has 0 heterocycles. The molecule has 19 heteroatoms. The van der Waals surface area contributed by atoms with Crippen LogP contribution >= 0.6 is 0 Å². The largest absolute Gasteiger partial charge is 0.455 e. The summed E-state index contributed by atoms with van der Waals surface area (Å²) in [4.78, 5) is 11.5. The van der Waals surface area contributed by atoms with E-state index in [-0.39, 0.29) is 0 Å². The second kappa shape index (κ2) is 9.13. The molecule has 0 unspecified atom stereocenters. The van der Waals surface area contributed by atoms with Gasteiger partial charge in [-0.15, -0.1) is 0 Å². The molecule has 0 saturated carbocycles. The van der Waals surface area contributed by atoms with Crippen LogP contribution in [0, 0.1) is 0 Å². The third-order valence-corrected chi connectivity index (χ3v) is 4.48. The highest BCUT2D eigenvalue weighted by Gasteiger charge is 2.94. The van der Waals surface area contributed by atoms with Crippen molar-refractivity contribution in [2.24, 2.45) is 0 Å². The predicted octanol–water partition coefficient (Wildman–Crippen LogP) is 5.92. The van der Waals surface area contributed by atoms with Gasteiger partial charge in [0.2, 0.25) is 0 Å². The van der Waals surface area contributed by atoms with E-state index in [9.17, 15) is 75.0 Å². The second-order valence-corrected chi connectivity index (χ2v) is 6.96. The molecular weight excluding hydrogens is 556 g/mol. The highest BCUT2D eigenvalue weighted by Crippen LogP contribution is 2.63. The first-order valence-corrected chi connectivity index (χ1v) is 8.65. The third kappa shape index (κ3) is 4.42. The van der Waals surface area contributed by atoms with Crippen molar-refractivity contribution in [1.29, 1.82) is 0 Å². The van der Waals surface area contributed by atoms with Crippen LogP contribution in [0.5, 0.6) is 0 Å². The van der Waals surface area contributed by atoms with Gasteiger partial charge >= 0.3 is 53.3 Å². The Balaban J connectivity index is 3.44. The minimum atomic E-state index is -8.59. The number of rotatable bonds is 11. The summed E-state index contributed by atoms with van der Waals surface area (Å²) in [6.07, 6.45) is 0. The van der Waals surface area contributed by atoms with E-state index in [1.807, 2.05) is 0 Å². The Labute approximate surface area is 188 Å². The third-order valence-electron chi connectivity index (χ3n) is 4.48. The van der Waals surface area contributed by atoms with Crippen molar-refractivity contribution in [1.82, 2.24) is 0 Å². The molecule has 0 fully saturated rings. The highest BCUT2D eigenvalue weighted by atomic mass is 19.4. The van der Waals surface area contributed by atoms with Crippen LogP contribution in [0.25, 0.3) is 0 Å². The van der Waals surface area contributed by atoms with Gasteiger partial charge in [-0.3, -0.25) is 0 Å². The number of alkyl halides is 16. The Morgan fingerprint density at radius 2 is 0.917 bits per heavy atom. The fourth-order valence-corrected chi connectivity index (χ4v) is 2.25. The van der Waals surface area contributed by atoms with Crippen LogP contribution in [0.3, 0.4) is 0 Å². The zero-order valence-corrected chi connectivity index (χ0v) is 16.6. The predicted molar refractivity (Wildman–Crippen MR) is 83.4 cm³/mol. The van der Waals surface area contributed by atoms with E-state index in [4.69, 9.17) is 5.11 Å². The van der Waals surface area contributed by atoms with Crippen LogP contribution in [-0.2, 0) is 4.74 Å². The van der Waals surface area contributed by atoms with Crippen molar-refractivity contribution in [2.75, 3.05) is 13.2 Å². The molecule has 0 atom stereocenters. The summed E-state index contributed by atoms with van der Waals surface area (Å²) < 4.78 is 219. The topological polar surface area (TPSA) is 46.5 Å². The van der Waals surface area contributed by atoms with Crippen LogP contribution < -0.4 is 0 Å². The molecule has 3 nitrogen and oxygen atoms in total. The zero-order chi connectivity index (χ0) is 28.8. The van der Waals surface area contributed by atoms with E-state index >= 15 is 0 Å². The van der Waals surface area contributed by atoms with Gasteiger partial charge in [0.05, 0.1) is 5.56 Å². The molecule has 1 aromatic rings. The molecule has 0 radical (unpaired) electrons. The van der Waals surface area contributed by atoms with Crippen molar-refractivity contribution < 1.29 is 84.9 Å². The molecule has 208 valence electrons. The molecule has 36 heavy (non-hydrogen) atoms. The number of ether oxygens (including phenoxy) is 1. The van der Waals surface area contributed by atoms with E-state index in [0.29, 0.717) is 0 Å². The lowest BCUT2D eigenvalue weighted by molar-refractivity contribution is -0.454. The number of aliphatic hydroxyl groups excluding tert-OH is 1. The van der Waals surface area contributed by atoms with E-state index in [0.717, 1.165) is 24.3 Å². The number of esters is 1. The van der Waals surface area contributed by atoms with Gasteiger partial charge in [0.1, 0.15) is 6.61 Å². The fraction of sp³-hybridized carbons (Fsp3) is 0.588. The quantitative estimate of drug-likeness (QED) is 0.268. The molecule has 0 aliphatic heterocycles. The lowest BCUT2D eigenvalue weighted by atomic mass is 9.88. The Morgan fingerprint density at radius 3 is 1.28 bits per heavy atom. The average Bonchev–Trinajstić information content (AvgIpc) is 2.77. The first kappa shape index (κ1) is 31.6. The molecule has 1 aromatic carbocycles. The van der Waals surface area contributed by atoms with Gasteiger partial charge in [-0.2, -0.15) is 70.2 Å². The Bertz CT molecular complexity index is 929. The van der Waals surface area contributed by atoms with Crippen LogP contribution in [-0.4, -0.2) is 71.7 Å². The highest BCUT2D eigenvalue weighted by molar-refractivity contribution is 5.89. The van der Waals surface area contributed by atoms with E-state index in [1.165, 1.54) is 6.07 Å². The molecule has 0 aromatic heterocycles. The molecular formula is C17H10F16O3. The van der Waals surface area contributed by atoms with Crippen molar-refractivity contribution >= 4 is 5.97 Å². The summed E-state index contributed by atoms with van der Waals surface area (Å²) >= 11 is 0. The number of benzene rings is 1. The summed E-state index contributed by atoms with van der Waals surface area (Å²) in [6, 6.07) is 4.86. The van der Waals surface area contributed by atoms with Crippen molar-refractivity contribution in [3.8, 4) is 0 Å². The number of halogens is 16. The molecule has 0 amide bonds. The lowest BCUT2D eigenvalue weighted by Gasteiger charge is -2.43. The smallest absolute Gasteiger partial charge is 0.385 e. The van der Waals surface area contributed by atoms with Crippen molar-refractivity contribution in [2.45, 2.75) is 47.4 Å². The normalized spacial score (nSPS) is 15.1. The van der Waals surface area contributed by atoms with Gasteiger partial charge in [0.25, 0.3) is 0 Å². The first-order chi connectivity index (χ1) is 15.8. The average molecular weight is 566 g/mol. The van der Waals surface area contributed by atoms with Crippen LogP contribution in [0.2, 0.25) is 0 Å². The van der Waals surface area contributed by atoms with E-state index in [2.05, 4.69) is 4.74 Å². The summed E-state index contributed by atoms with van der Waals surface area (Å²) in [7, 11) is 0. The SMILES string of the molecule is O=C(OCC(F)(F)C(F)(F)C(F)(F)C(F)(F)C(F)(F)C(F)(F)C(F)(F)C(F)(F)CO)c1ccccc1. The van der Waals surface area contributed by atoms with Gasteiger partial charge in [-0.05, 0) is 12.1 Å². The number of aliphatic hydroxyl groups is 1. The maximum atomic E-state index is 13.7. The number of hydrogen-bond donors (Lipinski definition) is 1. The van der Waals surface area contributed by atoms with Gasteiger partial charge < -0.3 is 9.84 Å². The number of carbonyl (C=O) groups excluding carboxylic acids is 1. The van der Waals surface area contributed by atoms with E-state index < -0.39 is 72.1 Å². The summed E-state index contributed by atoms with van der Waals surface area (Å²) in [5.41, 5.74) is -0.702. The van der Waals surface area contributed by atoms with Crippen molar-refractivity contribution in [3.63, 3.8) is 0 Å². The standard InChI is InChI=1S/C17H10F16O3/c18-10(19,6-34)12(22,23)14(26,27)16(30,31)17(32,33)15(28,29)13(24,25)11(20,21)7-36-9(35)8-4-2-1-3-5-8/h1-5,34H,6-7H2.